The Hall–Kier alpha value is -3.28. The van der Waals surface area contributed by atoms with E-state index in [2.05, 4.69) is 50.9 Å². The largest absolute Gasteiger partial charge is 0.474 e. The van der Waals surface area contributed by atoms with Crippen molar-refractivity contribution >= 4 is 11.0 Å². The highest BCUT2D eigenvalue weighted by Crippen LogP contribution is 2.25. The second-order valence-electron chi connectivity index (χ2n) is 8.09. The van der Waals surface area contributed by atoms with Crippen LogP contribution < -0.4 is 4.74 Å². The number of hydrogen-bond donors (Lipinski definition) is 1. The number of H-pyrrole nitrogens is 1. The number of ether oxygens (including phenoxy) is 1. The van der Waals surface area contributed by atoms with Crippen LogP contribution >= 0.6 is 0 Å². The molecule has 0 spiro atoms. The summed E-state index contributed by atoms with van der Waals surface area (Å²) >= 11 is 0. The zero-order valence-corrected chi connectivity index (χ0v) is 17.4. The molecule has 0 amide bonds. The van der Waals surface area contributed by atoms with E-state index in [0.29, 0.717) is 12.0 Å². The van der Waals surface area contributed by atoms with Crippen LogP contribution in [-0.4, -0.2) is 31.0 Å². The number of aryl methyl sites for hydroxylation is 2. The van der Waals surface area contributed by atoms with Crippen LogP contribution in [0, 0.1) is 13.8 Å². The van der Waals surface area contributed by atoms with Gasteiger partial charge in [0.1, 0.15) is 11.8 Å². The molecule has 3 heterocycles. The Kier molecular flexibility index (Phi) is 4.91. The molecular formula is C24H25N5O. The van der Waals surface area contributed by atoms with Gasteiger partial charge in [0.05, 0.1) is 29.1 Å². The number of imidazole rings is 1. The fraction of sp³-hybridized carbons (Fsp3) is 0.333. The van der Waals surface area contributed by atoms with E-state index in [1.54, 1.807) is 18.6 Å². The van der Waals surface area contributed by atoms with Crippen molar-refractivity contribution in [1.82, 2.24) is 24.9 Å². The molecule has 1 fully saturated rings. The number of nitrogens with one attached hydrogen (secondary N) is 1. The molecular weight excluding hydrogens is 374 g/mol. The molecule has 1 N–H and O–H groups in total. The molecule has 1 saturated carbocycles. The third kappa shape index (κ3) is 3.77. The van der Waals surface area contributed by atoms with Gasteiger partial charge in [-0.2, -0.15) is 0 Å². The van der Waals surface area contributed by atoms with Crippen LogP contribution in [0.1, 0.15) is 43.2 Å². The van der Waals surface area contributed by atoms with E-state index >= 15 is 0 Å². The van der Waals surface area contributed by atoms with Crippen LogP contribution in [0.25, 0.3) is 33.8 Å². The van der Waals surface area contributed by atoms with E-state index < -0.39 is 0 Å². The first-order chi connectivity index (χ1) is 14.7. The van der Waals surface area contributed by atoms with Crippen LogP contribution in [0.15, 0.2) is 42.9 Å². The number of aromatic amines is 1. The first-order valence-electron chi connectivity index (χ1n) is 10.6. The summed E-state index contributed by atoms with van der Waals surface area (Å²) in [5, 5.41) is 0. The molecule has 0 unspecified atom stereocenters. The Bertz CT molecular complexity index is 1120. The van der Waals surface area contributed by atoms with Crippen molar-refractivity contribution in [3.8, 4) is 28.7 Å². The highest BCUT2D eigenvalue weighted by atomic mass is 16.5. The molecule has 3 aromatic heterocycles. The van der Waals surface area contributed by atoms with Crippen LogP contribution in [0.5, 0.6) is 5.88 Å². The molecule has 1 aromatic carbocycles. The fourth-order valence-electron chi connectivity index (χ4n) is 3.95. The van der Waals surface area contributed by atoms with Crippen molar-refractivity contribution < 1.29 is 4.74 Å². The number of nitrogens with zero attached hydrogens (tertiary/aromatic N) is 4. The van der Waals surface area contributed by atoms with E-state index in [1.807, 2.05) is 12.1 Å². The third-order valence-electron chi connectivity index (χ3n) is 5.86. The van der Waals surface area contributed by atoms with Crippen molar-refractivity contribution in [1.29, 1.82) is 0 Å². The minimum Gasteiger partial charge on any atom is -0.474 e. The Labute approximate surface area is 175 Å². The van der Waals surface area contributed by atoms with Gasteiger partial charge >= 0.3 is 0 Å². The first-order valence-corrected chi connectivity index (χ1v) is 10.6. The standard InChI is InChI=1S/C24H25N5O/c1-15-10-19-20(11-16(15)2)29-24(28-19)22-14-25-21(13-26-22)17-8-9-23(27-12-17)30-18-6-4-3-5-7-18/h8-14,18H,3-7H2,1-2H3,(H,28,29). The Balaban J connectivity index is 1.33. The van der Waals surface area contributed by atoms with E-state index in [1.165, 1.54) is 30.4 Å². The Morgan fingerprint density at radius 3 is 2.37 bits per heavy atom. The fourth-order valence-corrected chi connectivity index (χ4v) is 3.95. The second kappa shape index (κ2) is 7.86. The molecule has 6 heteroatoms. The molecule has 152 valence electrons. The summed E-state index contributed by atoms with van der Waals surface area (Å²) in [6, 6.07) is 8.12. The summed E-state index contributed by atoms with van der Waals surface area (Å²) < 4.78 is 6.01. The molecule has 1 aliphatic rings. The lowest BCUT2D eigenvalue weighted by Gasteiger charge is -2.22. The predicted octanol–water partition coefficient (Wildman–Crippen LogP) is 5.41. The van der Waals surface area contributed by atoms with Gasteiger partial charge in [0.25, 0.3) is 0 Å². The maximum atomic E-state index is 6.01. The summed E-state index contributed by atoms with van der Waals surface area (Å²) in [6.45, 7) is 4.20. The summed E-state index contributed by atoms with van der Waals surface area (Å²) in [4.78, 5) is 21.6. The summed E-state index contributed by atoms with van der Waals surface area (Å²) in [7, 11) is 0. The lowest BCUT2D eigenvalue weighted by Crippen LogP contribution is -2.20. The van der Waals surface area contributed by atoms with Crippen LogP contribution in [-0.2, 0) is 0 Å². The van der Waals surface area contributed by atoms with Crippen molar-refractivity contribution in [2.75, 3.05) is 0 Å². The number of pyridine rings is 1. The van der Waals surface area contributed by atoms with E-state index in [4.69, 9.17) is 4.74 Å². The smallest absolute Gasteiger partial charge is 0.213 e. The van der Waals surface area contributed by atoms with Crippen molar-refractivity contribution in [2.24, 2.45) is 0 Å². The van der Waals surface area contributed by atoms with Gasteiger partial charge in [0, 0.05) is 17.8 Å². The summed E-state index contributed by atoms with van der Waals surface area (Å²) in [5.41, 5.74) is 6.83. The molecule has 0 radical (unpaired) electrons. The minimum atomic E-state index is 0.299. The van der Waals surface area contributed by atoms with Gasteiger partial charge in [-0.15, -0.1) is 0 Å². The average molecular weight is 399 g/mol. The van der Waals surface area contributed by atoms with Gasteiger partial charge in [-0.05, 0) is 68.9 Å². The van der Waals surface area contributed by atoms with Crippen LogP contribution in [0.3, 0.4) is 0 Å². The molecule has 6 nitrogen and oxygen atoms in total. The van der Waals surface area contributed by atoms with Crippen molar-refractivity contribution in [3.05, 3.63) is 54.0 Å². The summed E-state index contributed by atoms with van der Waals surface area (Å²) in [5.74, 6) is 1.41. The lowest BCUT2D eigenvalue weighted by atomic mass is 9.98. The molecule has 1 aliphatic carbocycles. The van der Waals surface area contributed by atoms with E-state index in [-0.39, 0.29) is 0 Å². The zero-order valence-electron chi connectivity index (χ0n) is 17.4. The van der Waals surface area contributed by atoms with E-state index in [0.717, 1.165) is 46.7 Å². The number of rotatable bonds is 4. The number of fused-ring (bicyclic) bond motifs is 1. The zero-order chi connectivity index (χ0) is 20.5. The van der Waals surface area contributed by atoms with Crippen LogP contribution in [0.4, 0.5) is 0 Å². The topological polar surface area (TPSA) is 76.6 Å². The molecule has 0 atom stereocenters. The highest BCUT2D eigenvalue weighted by Gasteiger charge is 2.15. The number of hydrogen-bond acceptors (Lipinski definition) is 5. The van der Waals surface area contributed by atoms with E-state index in [9.17, 15) is 0 Å². The first kappa shape index (κ1) is 18.7. The second-order valence-corrected chi connectivity index (χ2v) is 8.09. The van der Waals surface area contributed by atoms with Gasteiger partial charge in [-0.25, -0.2) is 15.0 Å². The van der Waals surface area contributed by atoms with Crippen molar-refractivity contribution in [2.45, 2.75) is 52.1 Å². The molecule has 30 heavy (non-hydrogen) atoms. The summed E-state index contributed by atoms with van der Waals surface area (Å²) in [6.07, 6.45) is 11.7. The van der Waals surface area contributed by atoms with Gasteiger partial charge in [-0.3, -0.25) is 4.98 Å². The maximum absolute atomic E-state index is 6.01. The predicted molar refractivity (Wildman–Crippen MR) is 117 cm³/mol. The number of benzene rings is 1. The monoisotopic (exact) mass is 399 g/mol. The van der Waals surface area contributed by atoms with Crippen molar-refractivity contribution in [3.63, 3.8) is 0 Å². The normalized spacial score (nSPS) is 14.9. The average Bonchev–Trinajstić information content (AvgIpc) is 3.18. The molecule has 0 saturated heterocycles. The molecule has 0 aliphatic heterocycles. The number of aromatic nitrogens is 5. The van der Waals surface area contributed by atoms with Gasteiger partial charge in [0.15, 0.2) is 5.82 Å². The lowest BCUT2D eigenvalue weighted by molar-refractivity contribution is 0.148. The Morgan fingerprint density at radius 2 is 1.63 bits per heavy atom. The molecule has 4 aromatic rings. The Morgan fingerprint density at radius 1 is 0.867 bits per heavy atom. The van der Waals surface area contributed by atoms with Gasteiger partial charge in [-0.1, -0.05) is 6.42 Å². The molecule has 0 bridgehead atoms. The quantitative estimate of drug-likeness (QED) is 0.496. The minimum absolute atomic E-state index is 0.299. The molecule has 5 rings (SSSR count). The highest BCUT2D eigenvalue weighted by molar-refractivity contribution is 5.80. The van der Waals surface area contributed by atoms with Gasteiger partial charge in [0.2, 0.25) is 5.88 Å². The van der Waals surface area contributed by atoms with Crippen LogP contribution in [0.2, 0.25) is 0 Å². The SMILES string of the molecule is Cc1cc2nc(-c3cnc(-c4ccc(OC5CCCCC5)nc4)cn3)[nH]c2cc1C. The maximum Gasteiger partial charge on any atom is 0.213 e. The van der Waals surface area contributed by atoms with Gasteiger partial charge < -0.3 is 9.72 Å². The third-order valence-corrected chi connectivity index (χ3v) is 5.86.